The molecule has 144 valence electrons. The van der Waals surface area contributed by atoms with E-state index in [0.717, 1.165) is 10.0 Å². The number of benzene rings is 1. The number of urea groups is 1. The molecule has 1 heterocycles. The van der Waals surface area contributed by atoms with Crippen molar-refractivity contribution >= 4 is 33.8 Å². The van der Waals surface area contributed by atoms with Crippen LogP contribution in [0.4, 0.5) is 4.79 Å². The van der Waals surface area contributed by atoms with Gasteiger partial charge in [0.15, 0.2) is 6.10 Å². The van der Waals surface area contributed by atoms with Crippen LogP contribution in [0.15, 0.2) is 34.8 Å². The van der Waals surface area contributed by atoms with E-state index in [1.807, 2.05) is 24.3 Å². The average Bonchev–Trinajstić information content (AvgIpc) is 3.03. The molecule has 1 aromatic heterocycles. The maximum Gasteiger partial charge on any atom is 0.357 e. The number of esters is 1. The molecule has 0 saturated carbocycles. The van der Waals surface area contributed by atoms with E-state index in [2.05, 4.69) is 36.8 Å². The van der Waals surface area contributed by atoms with Crippen molar-refractivity contribution in [3.8, 4) is 11.3 Å². The molecule has 9 heteroatoms. The molecule has 0 saturated heterocycles. The number of H-pyrrole nitrogens is 1. The number of amides is 3. The molecule has 3 amide bonds. The normalized spacial score (nSPS) is 12.2. The minimum absolute atomic E-state index is 0.103. The van der Waals surface area contributed by atoms with Crippen LogP contribution in [0.25, 0.3) is 11.3 Å². The van der Waals surface area contributed by atoms with Crippen LogP contribution in [0.2, 0.25) is 0 Å². The van der Waals surface area contributed by atoms with Gasteiger partial charge in [-0.3, -0.25) is 15.2 Å². The fraction of sp³-hybridized carbons (Fsp3) is 0.333. The second-order valence-electron chi connectivity index (χ2n) is 6.91. The monoisotopic (exact) mass is 436 g/mol. The first-order valence-electron chi connectivity index (χ1n) is 8.20. The Balaban J connectivity index is 1.95. The van der Waals surface area contributed by atoms with Crippen LogP contribution in [-0.4, -0.2) is 39.7 Å². The van der Waals surface area contributed by atoms with E-state index in [1.165, 1.54) is 13.0 Å². The van der Waals surface area contributed by atoms with Gasteiger partial charge in [0.05, 0.1) is 5.69 Å². The second kappa shape index (κ2) is 8.34. The van der Waals surface area contributed by atoms with E-state index < -0.39 is 29.6 Å². The zero-order chi connectivity index (χ0) is 20.2. The molecular formula is C18H21BrN4O4. The summed E-state index contributed by atoms with van der Waals surface area (Å²) in [6, 6.07) is 8.28. The Morgan fingerprint density at radius 2 is 1.81 bits per heavy atom. The summed E-state index contributed by atoms with van der Waals surface area (Å²) >= 11 is 3.35. The molecule has 0 fully saturated rings. The number of hydrogen-bond donors (Lipinski definition) is 3. The lowest BCUT2D eigenvalue weighted by Crippen LogP contribution is -2.50. The first kappa shape index (κ1) is 20.6. The van der Waals surface area contributed by atoms with Gasteiger partial charge in [-0.15, -0.1) is 0 Å². The number of nitrogens with one attached hydrogen (secondary N) is 3. The third-order valence-corrected chi connectivity index (χ3v) is 3.84. The van der Waals surface area contributed by atoms with Gasteiger partial charge in [0.2, 0.25) is 0 Å². The zero-order valence-corrected chi connectivity index (χ0v) is 17.0. The third kappa shape index (κ3) is 6.21. The molecule has 1 atom stereocenters. The van der Waals surface area contributed by atoms with Crippen LogP contribution < -0.4 is 10.6 Å². The van der Waals surface area contributed by atoms with Gasteiger partial charge in [-0.25, -0.2) is 9.59 Å². The molecule has 2 aromatic rings. The van der Waals surface area contributed by atoms with Gasteiger partial charge in [-0.2, -0.15) is 5.10 Å². The Morgan fingerprint density at radius 1 is 1.19 bits per heavy atom. The van der Waals surface area contributed by atoms with E-state index in [9.17, 15) is 14.4 Å². The molecule has 0 spiro atoms. The molecule has 0 aliphatic rings. The molecule has 0 aliphatic carbocycles. The lowest BCUT2D eigenvalue weighted by molar-refractivity contribution is -0.127. The van der Waals surface area contributed by atoms with E-state index in [0.29, 0.717) is 5.69 Å². The van der Waals surface area contributed by atoms with Crippen LogP contribution in [0.1, 0.15) is 38.2 Å². The molecule has 3 N–H and O–H groups in total. The van der Waals surface area contributed by atoms with Crippen molar-refractivity contribution in [1.29, 1.82) is 0 Å². The summed E-state index contributed by atoms with van der Waals surface area (Å²) in [7, 11) is 0. The number of nitrogens with zero attached hydrogens (tertiary/aromatic N) is 1. The standard InChI is InChI=1S/C18H21BrN4O4/c1-10(15(24)20-17(26)21-18(2,3)4)27-16(25)14-9-13(22-23-14)11-5-7-12(19)8-6-11/h5-10H,1-4H3,(H,22,23)(H2,20,21,24,26)/t10-/m1/s1. The molecular weight excluding hydrogens is 416 g/mol. The van der Waals surface area contributed by atoms with Crippen LogP contribution >= 0.6 is 15.9 Å². The highest BCUT2D eigenvalue weighted by atomic mass is 79.9. The fourth-order valence-corrected chi connectivity index (χ4v) is 2.32. The van der Waals surface area contributed by atoms with Crippen LogP contribution in [0, 0.1) is 0 Å². The number of aromatic nitrogens is 2. The summed E-state index contributed by atoms with van der Waals surface area (Å²) in [4.78, 5) is 35.9. The van der Waals surface area contributed by atoms with Gasteiger partial charge in [-0.1, -0.05) is 28.1 Å². The Labute approximate surface area is 165 Å². The van der Waals surface area contributed by atoms with Crippen molar-refractivity contribution in [3.05, 3.63) is 40.5 Å². The molecule has 2 rings (SSSR count). The van der Waals surface area contributed by atoms with E-state index in [-0.39, 0.29) is 5.69 Å². The largest absolute Gasteiger partial charge is 0.448 e. The van der Waals surface area contributed by atoms with E-state index >= 15 is 0 Å². The predicted octanol–water partition coefficient (Wildman–Crippen LogP) is 3.01. The molecule has 0 unspecified atom stereocenters. The number of ether oxygens (including phenoxy) is 1. The maximum absolute atomic E-state index is 12.2. The first-order chi connectivity index (χ1) is 12.5. The number of carbonyl (C=O) groups excluding carboxylic acids is 3. The number of carbonyl (C=O) groups is 3. The van der Waals surface area contributed by atoms with Gasteiger partial charge < -0.3 is 10.1 Å². The van der Waals surface area contributed by atoms with Crippen molar-refractivity contribution in [2.24, 2.45) is 0 Å². The highest BCUT2D eigenvalue weighted by Crippen LogP contribution is 2.20. The van der Waals surface area contributed by atoms with Gasteiger partial charge >= 0.3 is 12.0 Å². The Hall–Kier alpha value is -2.68. The highest BCUT2D eigenvalue weighted by Gasteiger charge is 2.23. The number of aromatic amines is 1. The Morgan fingerprint density at radius 3 is 2.41 bits per heavy atom. The molecule has 0 radical (unpaired) electrons. The number of hydrogen-bond acceptors (Lipinski definition) is 5. The topological polar surface area (TPSA) is 113 Å². The van der Waals surface area contributed by atoms with Gasteiger partial charge in [0.25, 0.3) is 5.91 Å². The van der Waals surface area contributed by atoms with Gasteiger partial charge in [0, 0.05) is 15.6 Å². The summed E-state index contributed by atoms with van der Waals surface area (Å²) in [5.41, 5.74) is 0.991. The number of rotatable bonds is 4. The van der Waals surface area contributed by atoms with Crippen molar-refractivity contribution in [1.82, 2.24) is 20.8 Å². The highest BCUT2D eigenvalue weighted by molar-refractivity contribution is 9.10. The molecule has 1 aromatic carbocycles. The molecule has 0 aliphatic heterocycles. The zero-order valence-electron chi connectivity index (χ0n) is 15.4. The summed E-state index contributed by atoms with van der Waals surface area (Å²) in [5, 5.41) is 11.4. The predicted molar refractivity (Wildman–Crippen MR) is 103 cm³/mol. The lowest BCUT2D eigenvalue weighted by atomic mass is 10.1. The summed E-state index contributed by atoms with van der Waals surface area (Å²) in [6.07, 6.45) is -1.15. The molecule has 8 nitrogen and oxygen atoms in total. The summed E-state index contributed by atoms with van der Waals surface area (Å²) < 4.78 is 6.02. The maximum atomic E-state index is 12.2. The van der Waals surface area contributed by atoms with E-state index in [1.54, 1.807) is 20.8 Å². The Kier molecular flexibility index (Phi) is 6.37. The second-order valence-corrected chi connectivity index (χ2v) is 7.83. The van der Waals surface area contributed by atoms with Gasteiger partial charge in [0.1, 0.15) is 5.69 Å². The summed E-state index contributed by atoms with van der Waals surface area (Å²) in [5.74, 6) is -1.47. The van der Waals surface area contributed by atoms with Gasteiger partial charge in [-0.05, 0) is 45.9 Å². The van der Waals surface area contributed by atoms with Crippen LogP contribution in [0.3, 0.4) is 0 Å². The number of imide groups is 1. The summed E-state index contributed by atoms with van der Waals surface area (Å²) in [6.45, 7) is 6.72. The molecule has 0 bridgehead atoms. The first-order valence-corrected chi connectivity index (χ1v) is 9.00. The fourth-order valence-electron chi connectivity index (χ4n) is 2.06. The van der Waals surface area contributed by atoms with Crippen LogP contribution in [-0.2, 0) is 9.53 Å². The van der Waals surface area contributed by atoms with Crippen molar-refractivity contribution in [3.63, 3.8) is 0 Å². The lowest BCUT2D eigenvalue weighted by Gasteiger charge is -2.21. The van der Waals surface area contributed by atoms with E-state index in [4.69, 9.17) is 4.74 Å². The molecule has 27 heavy (non-hydrogen) atoms. The SMILES string of the molecule is C[C@@H](OC(=O)c1cc(-c2ccc(Br)cc2)n[nH]1)C(=O)NC(=O)NC(C)(C)C. The van der Waals surface area contributed by atoms with Crippen molar-refractivity contribution in [2.45, 2.75) is 39.3 Å². The third-order valence-electron chi connectivity index (χ3n) is 3.32. The van der Waals surface area contributed by atoms with Crippen molar-refractivity contribution < 1.29 is 19.1 Å². The minimum Gasteiger partial charge on any atom is -0.448 e. The quantitative estimate of drug-likeness (QED) is 0.637. The number of halogens is 1. The minimum atomic E-state index is -1.15. The van der Waals surface area contributed by atoms with Crippen LogP contribution in [0.5, 0.6) is 0 Å². The smallest absolute Gasteiger partial charge is 0.357 e. The average molecular weight is 437 g/mol. The Bertz CT molecular complexity index is 840. The van der Waals surface area contributed by atoms with Crippen molar-refractivity contribution in [2.75, 3.05) is 0 Å².